The van der Waals surface area contributed by atoms with Crippen LogP contribution in [0.5, 0.6) is 0 Å². The number of nitrogens with zero attached hydrogens (tertiary/aromatic N) is 2. The minimum absolute atomic E-state index is 0.0981. The predicted octanol–water partition coefficient (Wildman–Crippen LogP) is 2.15. The Bertz CT molecular complexity index is 419. The van der Waals surface area contributed by atoms with Crippen LogP contribution in [-0.2, 0) is 10.7 Å². The third-order valence-electron chi connectivity index (χ3n) is 3.06. The number of aromatic nitrogens is 1. The van der Waals surface area contributed by atoms with Crippen LogP contribution >= 0.6 is 22.9 Å². The zero-order valence-corrected chi connectivity index (χ0v) is 12.2. The van der Waals surface area contributed by atoms with Gasteiger partial charge in [0.25, 0.3) is 0 Å². The summed E-state index contributed by atoms with van der Waals surface area (Å²) in [5.41, 5.74) is 0.902. The van der Waals surface area contributed by atoms with E-state index in [0.29, 0.717) is 18.5 Å². The van der Waals surface area contributed by atoms with Gasteiger partial charge in [-0.25, -0.2) is 4.98 Å². The van der Waals surface area contributed by atoms with Crippen LogP contribution in [0.1, 0.15) is 36.5 Å². The Morgan fingerprint density at radius 3 is 3.00 bits per heavy atom. The maximum Gasteiger partial charge on any atom is 0.234 e. The zero-order valence-electron chi connectivity index (χ0n) is 10.6. The number of likely N-dealkylation sites (N-methyl/N-ethyl adjacent to an activating group) is 1. The summed E-state index contributed by atoms with van der Waals surface area (Å²) in [6, 6.07) is 0.556. The first-order valence-corrected chi connectivity index (χ1v) is 7.51. The van der Waals surface area contributed by atoms with Crippen molar-refractivity contribution < 1.29 is 4.79 Å². The maximum atomic E-state index is 11.7. The molecule has 0 aromatic carbocycles. The van der Waals surface area contributed by atoms with Crippen LogP contribution in [0.25, 0.3) is 0 Å². The molecule has 1 aromatic rings. The van der Waals surface area contributed by atoms with Gasteiger partial charge in [-0.1, -0.05) is 0 Å². The molecule has 1 unspecified atom stereocenters. The molecule has 100 valence electrons. The summed E-state index contributed by atoms with van der Waals surface area (Å²) in [7, 11) is 1.94. The van der Waals surface area contributed by atoms with Crippen molar-refractivity contribution in [1.29, 1.82) is 0 Å². The highest BCUT2D eigenvalue weighted by Gasteiger charge is 2.25. The fourth-order valence-corrected chi connectivity index (χ4v) is 2.80. The molecule has 1 aromatic heterocycles. The number of thiazole rings is 1. The third-order valence-corrected chi connectivity index (χ3v) is 4.40. The van der Waals surface area contributed by atoms with Crippen LogP contribution in [0.4, 0.5) is 0 Å². The molecule has 1 heterocycles. The minimum Gasteiger partial charge on any atom is -0.352 e. The van der Waals surface area contributed by atoms with Gasteiger partial charge in [-0.3, -0.25) is 9.69 Å². The predicted molar refractivity (Wildman–Crippen MR) is 73.9 cm³/mol. The van der Waals surface area contributed by atoms with Crippen molar-refractivity contribution in [2.24, 2.45) is 0 Å². The Hall–Kier alpha value is -0.650. The van der Waals surface area contributed by atoms with Crippen molar-refractivity contribution in [3.63, 3.8) is 0 Å². The number of carbonyl (C=O) groups excluding carboxylic acids is 1. The highest BCUT2D eigenvalue weighted by atomic mass is 35.5. The Morgan fingerprint density at radius 1 is 1.72 bits per heavy atom. The lowest BCUT2D eigenvalue weighted by molar-refractivity contribution is -0.122. The van der Waals surface area contributed by atoms with Crippen LogP contribution < -0.4 is 5.32 Å². The lowest BCUT2D eigenvalue weighted by Gasteiger charge is -2.22. The Balaban J connectivity index is 1.86. The van der Waals surface area contributed by atoms with Gasteiger partial charge in [0.05, 0.1) is 24.2 Å². The molecule has 0 spiro atoms. The van der Waals surface area contributed by atoms with Crippen molar-refractivity contribution in [2.75, 3.05) is 13.6 Å². The third kappa shape index (κ3) is 3.67. The molecule has 0 bridgehead atoms. The topological polar surface area (TPSA) is 45.2 Å². The quantitative estimate of drug-likeness (QED) is 0.816. The fraction of sp³-hybridized carbons (Fsp3) is 0.667. The molecule has 1 aliphatic rings. The monoisotopic (exact) mass is 287 g/mol. The average molecular weight is 288 g/mol. The molecule has 0 aliphatic heterocycles. The molecule has 1 fully saturated rings. The second-order valence-electron chi connectivity index (χ2n) is 4.74. The number of carbonyl (C=O) groups is 1. The Labute approximate surface area is 116 Å². The standard InChI is InChI=1S/C12H18ClN3OS/c1-8(12-15-10(5-13)7-18-12)16(2)6-11(17)14-9-3-4-9/h7-9H,3-6H2,1-2H3,(H,14,17). The summed E-state index contributed by atoms with van der Waals surface area (Å²) in [6.45, 7) is 2.47. The van der Waals surface area contributed by atoms with Crippen molar-refractivity contribution in [3.05, 3.63) is 16.1 Å². The molecule has 1 N–H and O–H groups in total. The molecule has 0 radical (unpaired) electrons. The van der Waals surface area contributed by atoms with E-state index in [9.17, 15) is 4.79 Å². The Kier molecular flexibility index (Phi) is 4.59. The average Bonchev–Trinajstić information content (AvgIpc) is 3.02. The number of nitrogens with one attached hydrogen (secondary N) is 1. The molecule has 2 rings (SSSR count). The van der Waals surface area contributed by atoms with Crippen LogP contribution in [0.3, 0.4) is 0 Å². The van der Waals surface area contributed by atoms with Gasteiger partial charge in [0.1, 0.15) is 5.01 Å². The lowest BCUT2D eigenvalue weighted by Crippen LogP contribution is -2.37. The number of alkyl halides is 1. The second-order valence-corrected chi connectivity index (χ2v) is 5.90. The van der Waals surface area contributed by atoms with Crippen molar-refractivity contribution in [1.82, 2.24) is 15.2 Å². The smallest absolute Gasteiger partial charge is 0.234 e. The number of hydrogen-bond acceptors (Lipinski definition) is 4. The van der Waals surface area contributed by atoms with Gasteiger partial charge >= 0.3 is 0 Å². The molecule has 1 amide bonds. The van der Waals surface area contributed by atoms with Gasteiger partial charge in [-0.2, -0.15) is 0 Å². The van der Waals surface area contributed by atoms with Crippen molar-refractivity contribution in [3.8, 4) is 0 Å². The molecular formula is C12H18ClN3OS. The molecule has 1 atom stereocenters. The van der Waals surface area contributed by atoms with Gasteiger partial charge < -0.3 is 5.32 Å². The van der Waals surface area contributed by atoms with Crippen LogP contribution in [-0.4, -0.2) is 35.4 Å². The highest BCUT2D eigenvalue weighted by molar-refractivity contribution is 7.09. The SMILES string of the molecule is CC(c1nc(CCl)cs1)N(C)CC(=O)NC1CC1. The molecule has 1 saturated carbocycles. The summed E-state index contributed by atoms with van der Waals surface area (Å²) in [5.74, 6) is 0.538. The van der Waals surface area contributed by atoms with E-state index in [0.717, 1.165) is 23.5 Å². The van der Waals surface area contributed by atoms with E-state index in [-0.39, 0.29) is 11.9 Å². The van der Waals surface area contributed by atoms with Gasteiger partial charge in [0, 0.05) is 11.4 Å². The highest BCUT2D eigenvalue weighted by Crippen LogP contribution is 2.23. The van der Waals surface area contributed by atoms with E-state index in [4.69, 9.17) is 11.6 Å². The van der Waals surface area contributed by atoms with E-state index in [1.165, 1.54) is 0 Å². The first kappa shape index (κ1) is 13.8. The largest absolute Gasteiger partial charge is 0.352 e. The summed E-state index contributed by atoms with van der Waals surface area (Å²) in [4.78, 5) is 18.2. The van der Waals surface area contributed by atoms with Crippen molar-refractivity contribution in [2.45, 2.75) is 37.7 Å². The molecular weight excluding hydrogens is 270 g/mol. The number of hydrogen-bond donors (Lipinski definition) is 1. The molecule has 18 heavy (non-hydrogen) atoms. The van der Waals surface area contributed by atoms with E-state index in [1.807, 2.05) is 17.3 Å². The number of halogens is 1. The zero-order chi connectivity index (χ0) is 13.1. The van der Waals surface area contributed by atoms with Crippen LogP contribution in [0, 0.1) is 0 Å². The summed E-state index contributed by atoms with van der Waals surface area (Å²) in [5, 5.41) is 5.96. The van der Waals surface area contributed by atoms with Crippen LogP contribution in [0.15, 0.2) is 5.38 Å². The Morgan fingerprint density at radius 2 is 2.44 bits per heavy atom. The molecule has 0 saturated heterocycles. The van der Waals surface area contributed by atoms with E-state index < -0.39 is 0 Å². The van der Waals surface area contributed by atoms with Crippen molar-refractivity contribution >= 4 is 28.8 Å². The fourth-order valence-electron chi connectivity index (χ4n) is 1.63. The number of amides is 1. The summed E-state index contributed by atoms with van der Waals surface area (Å²) < 4.78 is 0. The number of rotatable bonds is 6. The van der Waals surface area contributed by atoms with Gasteiger partial charge in [-0.15, -0.1) is 22.9 Å². The molecule has 6 heteroatoms. The van der Waals surface area contributed by atoms with Gasteiger partial charge in [0.2, 0.25) is 5.91 Å². The van der Waals surface area contributed by atoms with E-state index in [2.05, 4.69) is 17.2 Å². The summed E-state index contributed by atoms with van der Waals surface area (Å²) >= 11 is 7.33. The van der Waals surface area contributed by atoms with Crippen LogP contribution in [0.2, 0.25) is 0 Å². The summed E-state index contributed by atoms with van der Waals surface area (Å²) in [6.07, 6.45) is 2.24. The minimum atomic E-state index is 0.0981. The second kappa shape index (κ2) is 5.99. The molecule has 4 nitrogen and oxygen atoms in total. The molecule has 1 aliphatic carbocycles. The maximum absolute atomic E-state index is 11.7. The van der Waals surface area contributed by atoms with E-state index in [1.54, 1.807) is 11.3 Å². The first-order valence-electron chi connectivity index (χ1n) is 6.10. The lowest BCUT2D eigenvalue weighted by atomic mass is 10.3. The normalized spacial score (nSPS) is 16.9. The van der Waals surface area contributed by atoms with Gasteiger partial charge in [-0.05, 0) is 26.8 Å². The first-order chi connectivity index (χ1) is 8.60. The van der Waals surface area contributed by atoms with Gasteiger partial charge in [0.15, 0.2) is 0 Å². The van der Waals surface area contributed by atoms with E-state index >= 15 is 0 Å².